The predicted molar refractivity (Wildman–Crippen MR) is 167 cm³/mol. The van der Waals surface area contributed by atoms with Gasteiger partial charge in [0.15, 0.2) is 0 Å². The fourth-order valence-electron chi connectivity index (χ4n) is 5.52. The molecule has 7 aromatic rings. The summed E-state index contributed by atoms with van der Waals surface area (Å²) in [6.45, 7) is -2.37. The summed E-state index contributed by atoms with van der Waals surface area (Å²) in [6, 6.07) is 42.9. The summed E-state index contributed by atoms with van der Waals surface area (Å²) in [4.78, 5) is 4.80. The number of halogens is 1. The monoisotopic (exact) mass is 567 g/mol. The van der Waals surface area contributed by atoms with E-state index in [9.17, 15) is 0 Å². The van der Waals surface area contributed by atoms with E-state index in [1.807, 2.05) is 66.7 Å². The van der Waals surface area contributed by atoms with Gasteiger partial charge in [-0.05, 0) is 70.1 Å². The van der Waals surface area contributed by atoms with Crippen molar-refractivity contribution in [2.45, 2.75) is 6.85 Å². The Labute approximate surface area is 240 Å². The van der Waals surface area contributed by atoms with Crippen LogP contribution in [0.4, 0.5) is 0 Å². The van der Waals surface area contributed by atoms with Gasteiger partial charge in [-0.2, -0.15) is 0 Å². The SMILES string of the molecule is [2H]C([2H])([2H])c1cnc(-n2c3ccccc3c3ccc(Br)cc32)cc1-c1c(-c2ccccc2)cccc1-c1ccccc1. The van der Waals surface area contributed by atoms with Crippen molar-refractivity contribution >= 4 is 37.7 Å². The fraction of sp³-hybridized carbons (Fsp3) is 0.0278. The Bertz CT molecular complexity index is 2020. The molecule has 0 saturated carbocycles. The lowest BCUT2D eigenvalue weighted by molar-refractivity contribution is 1.07. The van der Waals surface area contributed by atoms with Crippen molar-refractivity contribution in [3.05, 3.63) is 144 Å². The topological polar surface area (TPSA) is 17.8 Å². The van der Waals surface area contributed by atoms with Gasteiger partial charge in [-0.15, -0.1) is 0 Å². The molecule has 39 heavy (non-hydrogen) atoms. The second-order valence-corrected chi connectivity index (χ2v) is 10.5. The molecule has 2 nitrogen and oxygen atoms in total. The maximum absolute atomic E-state index is 8.53. The highest BCUT2D eigenvalue weighted by atomic mass is 79.9. The van der Waals surface area contributed by atoms with Crippen LogP contribution in [0.2, 0.25) is 0 Å². The first-order chi connectivity index (χ1) is 20.4. The molecule has 5 aromatic carbocycles. The van der Waals surface area contributed by atoms with Gasteiger partial charge < -0.3 is 0 Å². The number of fused-ring (bicyclic) bond motifs is 3. The maximum atomic E-state index is 8.53. The van der Waals surface area contributed by atoms with Crippen LogP contribution in [0, 0.1) is 6.85 Å². The molecule has 0 N–H and O–H groups in total. The minimum absolute atomic E-state index is 0.216. The van der Waals surface area contributed by atoms with Gasteiger partial charge in [0.25, 0.3) is 0 Å². The second kappa shape index (κ2) is 9.68. The first-order valence-electron chi connectivity index (χ1n) is 14.3. The lowest BCUT2D eigenvalue weighted by Gasteiger charge is -2.19. The first kappa shape index (κ1) is 20.5. The van der Waals surface area contributed by atoms with Crippen LogP contribution in [0.5, 0.6) is 0 Å². The summed E-state index contributed by atoms with van der Waals surface area (Å²) in [7, 11) is 0. The number of hydrogen-bond donors (Lipinski definition) is 0. The Morgan fingerprint density at radius 3 is 1.95 bits per heavy atom. The zero-order valence-electron chi connectivity index (χ0n) is 24.0. The Morgan fingerprint density at radius 1 is 0.615 bits per heavy atom. The lowest BCUT2D eigenvalue weighted by Crippen LogP contribution is -2.00. The van der Waals surface area contributed by atoms with E-state index >= 15 is 0 Å². The number of nitrogens with zero attached hydrogens (tertiary/aromatic N) is 2. The van der Waals surface area contributed by atoms with E-state index in [0.717, 1.165) is 54.1 Å². The molecule has 0 atom stereocenters. The zero-order valence-corrected chi connectivity index (χ0v) is 22.6. The summed E-state index contributed by atoms with van der Waals surface area (Å²) in [6.07, 6.45) is 1.53. The molecular formula is C36H25BrN2. The molecule has 0 aliphatic heterocycles. The van der Waals surface area contributed by atoms with E-state index < -0.39 is 6.85 Å². The van der Waals surface area contributed by atoms with Gasteiger partial charge >= 0.3 is 0 Å². The molecule has 0 aliphatic rings. The molecule has 0 amide bonds. The average molecular weight is 569 g/mol. The highest BCUT2D eigenvalue weighted by Crippen LogP contribution is 2.42. The van der Waals surface area contributed by atoms with Crippen LogP contribution >= 0.6 is 15.9 Å². The van der Waals surface area contributed by atoms with Crippen molar-refractivity contribution in [2.75, 3.05) is 0 Å². The molecule has 0 bridgehead atoms. The largest absolute Gasteiger partial charge is 0.294 e. The van der Waals surface area contributed by atoms with Gasteiger partial charge in [0, 0.05) is 25.6 Å². The summed E-state index contributed by atoms with van der Waals surface area (Å²) in [5, 5.41) is 2.21. The number of hydrogen-bond acceptors (Lipinski definition) is 1. The van der Waals surface area contributed by atoms with Gasteiger partial charge in [-0.1, -0.05) is 119 Å². The minimum atomic E-state index is -2.37. The molecular weight excluding hydrogens is 540 g/mol. The maximum Gasteiger partial charge on any atom is 0.138 e. The van der Waals surface area contributed by atoms with Crippen LogP contribution < -0.4 is 0 Å². The molecule has 0 aliphatic carbocycles. The number of aromatic nitrogens is 2. The minimum Gasteiger partial charge on any atom is -0.294 e. The Morgan fingerprint density at radius 2 is 1.26 bits per heavy atom. The van der Waals surface area contributed by atoms with E-state index in [1.54, 1.807) is 0 Å². The van der Waals surface area contributed by atoms with Crippen LogP contribution in [0.1, 0.15) is 9.68 Å². The third-order valence-electron chi connectivity index (χ3n) is 7.26. The van der Waals surface area contributed by atoms with Crippen LogP contribution in [0.25, 0.3) is 61.0 Å². The van der Waals surface area contributed by atoms with Crippen molar-refractivity contribution < 1.29 is 4.11 Å². The summed E-state index contributed by atoms with van der Waals surface area (Å²) in [5.74, 6) is 0.657. The molecule has 186 valence electrons. The molecule has 2 aromatic heterocycles. The van der Waals surface area contributed by atoms with Gasteiger partial charge in [0.05, 0.1) is 11.0 Å². The van der Waals surface area contributed by atoms with Gasteiger partial charge in [0.1, 0.15) is 5.82 Å². The third kappa shape index (κ3) is 4.07. The molecule has 0 unspecified atom stereocenters. The van der Waals surface area contributed by atoms with Crippen LogP contribution in [0.3, 0.4) is 0 Å². The highest BCUT2D eigenvalue weighted by molar-refractivity contribution is 9.10. The van der Waals surface area contributed by atoms with Crippen molar-refractivity contribution in [2.24, 2.45) is 0 Å². The summed E-state index contributed by atoms with van der Waals surface area (Å²) >= 11 is 3.65. The van der Waals surface area contributed by atoms with Crippen LogP contribution in [-0.4, -0.2) is 9.55 Å². The van der Waals surface area contributed by atoms with E-state index in [4.69, 9.17) is 9.10 Å². The van der Waals surface area contributed by atoms with Gasteiger partial charge in [-0.3, -0.25) is 4.57 Å². The van der Waals surface area contributed by atoms with Gasteiger partial charge in [-0.25, -0.2) is 4.98 Å². The van der Waals surface area contributed by atoms with Crippen LogP contribution in [-0.2, 0) is 0 Å². The van der Waals surface area contributed by atoms with E-state index in [-0.39, 0.29) is 5.56 Å². The molecule has 2 heterocycles. The van der Waals surface area contributed by atoms with E-state index in [2.05, 4.69) is 81.2 Å². The standard InChI is InChI=1S/C36H25BrN2/c1-24-23-38-35(39-33-18-9-8-15-30(33)31-20-19-27(37)21-34(31)39)22-32(24)36-28(25-11-4-2-5-12-25)16-10-17-29(36)26-13-6-3-7-14-26/h2-23H,1H3/i1D3. The van der Waals surface area contributed by atoms with Crippen molar-refractivity contribution in [3.63, 3.8) is 0 Å². The number of pyridine rings is 1. The molecule has 3 heteroatoms. The van der Waals surface area contributed by atoms with Crippen molar-refractivity contribution in [3.8, 4) is 39.2 Å². The molecule has 0 spiro atoms. The number of rotatable bonds is 4. The quantitative estimate of drug-likeness (QED) is 0.207. The Balaban J connectivity index is 1.60. The molecule has 7 rings (SSSR count). The number of para-hydroxylation sites is 1. The molecule has 0 radical (unpaired) electrons. The zero-order chi connectivity index (χ0) is 28.8. The predicted octanol–water partition coefficient (Wildman–Crippen LogP) is 10.3. The number of benzene rings is 5. The smallest absolute Gasteiger partial charge is 0.138 e. The second-order valence-electron chi connectivity index (χ2n) is 9.56. The lowest BCUT2D eigenvalue weighted by atomic mass is 9.86. The first-order valence-corrected chi connectivity index (χ1v) is 13.6. The van der Waals surface area contributed by atoms with Crippen molar-refractivity contribution in [1.29, 1.82) is 0 Å². The molecule has 0 fully saturated rings. The summed E-state index contributed by atoms with van der Waals surface area (Å²) < 4.78 is 28.7. The van der Waals surface area contributed by atoms with Crippen molar-refractivity contribution in [1.82, 2.24) is 9.55 Å². The normalized spacial score (nSPS) is 12.8. The van der Waals surface area contributed by atoms with Crippen LogP contribution in [0.15, 0.2) is 138 Å². The average Bonchev–Trinajstić information content (AvgIpc) is 3.34. The summed E-state index contributed by atoms with van der Waals surface area (Å²) in [5.41, 5.74) is 7.67. The Hall–Kier alpha value is -4.47. The van der Waals surface area contributed by atoms with E-state index in [0.29, 0.717) is 11.4 Å². The Kier molecular flexibility index (Phi) is 5.09. The molecule has 0 saturated heterocycles. The fourth-order valence-corrected chi connectivity index (χ4v) is 5.87. The van der Waals surface area contributed by atoms with Gasteiger partial charge in [0.2, 0.25) is 0 Å². The van der Waals surface area contributed by atoms with E-state index in [1.165, 1.54) is 6.20 Å². The highest BCUT2D eigenvalue weighted by Gasteiger charge is 2.19. The third-order valence-corrected chi connectivity index (χ3v) is 7.75. The number of aryl methyl sites for hydroxylation is 1.